The molecule has 120 valence electrons. The Kier molecular flexibility index (Phi) is 2.56. The molecule has 4 saturated carbocycles. The molecule has 3 heteroatoms. The fourth-order valence-electron chi connectivity index (χ4n) is 7.57. The molecule has 3 nitrogen and oxygen atoms in total. The number of hydrogen-bond acceptors (Lipinski definition) is 2. The van der Waals surface area contributed by atoms with Gasteiger partial charge in [-0.05, 0) is 68.1 Å². The summed E-state index contributed by atoms with van der Waals surface area (Å²) in [6, 6.07) is 0. The van der Waals surface area contributed by atoms with Crippen LogP contribution in [0.15, 0.2) is 0 Å². The first-order chi connectivity index (χ1) is 10.5. The molecule has 0 radical (unpaired) electrons. The molecule has 4 bridgehead atoms. The molecule has 0 spiro atoms. The van der Waals surface area contributed by atoms with Crippen molar-refractivity contribution < 1.29 is 0 Å². The third-order valence-corrected chi connectivity index (χ3v) is 7.21. The second kappa shape index (κ2) is 4.15. The average Bonchev–Trinajstić information content (AvgIpc) is 2.65. The Labute approximate surface area is 133 Å². The van der Waals surface area contributed by atoms with Crippen LogP contribution in [0.2, 0.25) is 0 Å². The fraction of sp³-hybridized carbons (Fsp3) is 0.895. The largest absolute Gasteiger partial charge is 0.315 e. The molecule has 1 aromatic heterocycles. The maximum absolute atomic E-state index is 4.80. The summed E-state index contributed by atoms with van der Waals surface area (Å²) in [5.74, 6) is 3.59. The van der Waals surface area contributed by atoms with Crippen LogP contribution in [0, 0.1) is 16.7 Å². The molecule has 4 fully saturated rings. The van der Waals surface area contributed by atoms with Gasteiger partial charge in [0, 0.05) is 18.4 Å². The van der Waals surface area contributed by atoms with E-state index in [1.807, 2.05) is 0 Å². The van der Waals surface area contributed by atoms with Gasteiger partial charge >= 0.3 is 0 Å². The van der Waals surface area contributed by atoms with Crippen molar-refractivity contribution in [3.8, 4) is 0 Å². The molecule has 1 aliphatic heterocycles. The van der Waals surface area contributed by atoms with Crippen LogP contribution in [0.5, 0.6) is 0 Å². The van der Waals surface area contributed by atoms with Gasteiger partial charge in [0.15, 0.2) is 0 Å². The lowest BCUT2D eigenvalue weighted by molar-refractivity contribution is -0.113. The minimum Gasteiger partial charge on any atom is -0.315 e. The van der Waals surface area contributed by atoms with Crippen LogP contribution >= 0.6 is 0 Å². The third kappa shape index (κ3) is 1.80. The first-order valence-electron chi connectivity index (χ1n) is 9.42. The van der Waals surface area contributed by atoms with Crippen molar-refractivity contribution in [3.63, 3.8) is 0 Å². The molecule has 2 unspecified atom stereocenters. The molecule has 0 amide bonds. The van der Waals surface area contributed by atoms with Crippen LogP contribution in [0.3, 0.4) is 0 Å². The minimum absolute atomic E-state index is 0.346. The van der Waals surface area contributed by atoms with Crippen molar-refractivity contribution in [3.05, 3.63) is 11.6 Å². The monoisotopic (exact) mass is 299 g/mol. The standard InChI is InChI=1S/C19H29N3/c1-17-8-14-9-18(2,11-17)13-19(10-14,12-17)16-21-20-15-6-4-3-5-7-22(15)16/h14H,3-13H2,1-2H3. The molecule has 0 saturated heterocycles. The van der Waals surface area contributed by atoms with E-state index >= 15 is 0 Å². The normalized spacial score (nSPS) is 46.5. The Balaban J connectivity index is 1.62. The number of nitrogens with zero attached hydrogens (tertiary/aromatic N) is 3. The minimum atomic E-state index is 0.346. The quantitative estimate of drug-likeness (QED) is 0.776. The van der Waals surface area contributed by atoms with Crippen molar-refractivity contribution in [1.82, 2.24) is 14.8 Å². The molecule has 2 atom stereocenters. The Morgan fingerprint density at radius 3 is 2.41 bits per heavy atom. The Bertz CT molecular complexity index is 598. The predicted molar refractivity (Wildman–Crippen MR) is 86.7 cm³/mol. The summed E-state index contributed by atoms with van der Waals surface area (Å²) >= 11 is 0. The van der Waals surface area contributed by atoms with Crippen LogP contribution < -0.4 is 0 Å². The van der Waals surface area contributed by atoms with E-state index in [0.29, 0.717) is 16.2 Å². The molecule has 2 heterocycles. The van der Waals surface area contributed by atoms with E-state index in [-0.39, 0.29) is 0 Å². The van der Waals surface area contributed by atoms with Gasteiger partial charge in [-0.25, -0.2) is 0 Å². The topological polar surface area (TPSA) is 30.7 Å². The van der Waals surface area contributed by atoms with E-state index in [2.05, 4.69) is 23.5 Å². The van der Waals surface area contributed by atoms with Gasteiger partial charge in [-0.2, -0.15) is 0 Å². The summed E-state index contributed by atoms with van der Waals surface area (Å²) in [5, 5.41) is 9.44. The van der Waals surface area contributed by atoms with Gasteiger partial charge in [0.2, 0.25) is 0 Å². The van der Waals surface area contributed by atoms with E-state index in [1.165, 1.54) is 69.4 Å². The van der Waals surface area contributed by atoms with Gasteiger partial charge in [0.1, 0.15) is 11.6 Å². The summed E-state index contributed by atoms with van der Waals surface area (Å²) in [7, 11) is 0. The number of hydrogen-bond donors (Lipinski definition) is 0. The molecule has 4 aliphatic carbocycles. The summed E-state index contributed by atoms with van der Waals surface area (Å²) in [6.07, 6.45) is 13.6. The smallest absolute Gasteiger partial charge is 0.139 e. The highest BCUT2D eigenvalue weighted by Gasteiger charge is 2.62. The van der Waals surface area contributed by atoms with Crippen molar-refractivity contribution in [2.45, 2.75) is 90.0 Å². The number of aryl methyl sites for hydroxylation is 1. The number of aromatic nitrogens is 3. The average molecular weight is 299 g/mol. The Morgan fingerprint density at radius 2 is 1.68 bits per heavy atom. The van der Waals surface area contributed by atoms with E-state index in [9.17, 15) is 0 Å². The zero-order valence-electron chi connectivity index (χ0n) is 14.2. The summed E-state index contributed by atoms with van der Waals surface area (Å²) in [5.41, 5.74) is 1.47. The van der Waals surface area contributed by atoms with E-state index in [1.54, 1.807) is 0 Å². The molecule has 5 aliphatic rings. The number of fused-ring (bicyclic) bond motifs is 1. The molecule has 0 aromatic carbocycles. The fourth-order valence-corrected chi connectivity index (χ4v) is 7.57. The second-order valence-corrected chi connectivity index (χ2v) is 9.81. The molecule has 0 N–H and O–H groups in total. The Hall–Kier alpha value is -0.860. The Morgan fingerprint density at radius 1 is 0.909 bits per heavy atom. The van der Waals surface area contributed by atoms with E-state index in [0.717, 1.165) is 18.9 Å². The molecule has 22 heavy (non-hydrogen) atoms. The highest BCUT2D eigenvalue weighted by molar-refractivity contribution is 5.23. The van der Waals surface area contributed by atoms with Crippen LogP contribution in [-0.4, -0.2) is 14.8 Å². The molecule has 6 rings (SSSR count). The van der Waals surface area contributed by atoms with Gasteiger partial charge in [0.05, 0.1) is 0 Å². The van der Waals surface area contributed by atoms with Crippen LogP contribution in [0.1, 0.15) is 83.3 Å². The molecular formula is C19H29N3. The lowest BCUT2D eigenvalue weighted by atomic mass is 9.40. The van der Waals surface area contributed by atoms with Gasteiger partial charge in [0.25, 0.3) is 0 Å². The van der Waals surface area contributed by atoms with Gasteiger partial charge in [-0.1, -0.05) is 20.3 Å². The summed E-state index contributed by atoms with van der Waals surface area (Å²) in [6.45, 7) is 6.28. The summed E-state index contributed by atoms with van der Waals surface area (Å²) < 4.78 is 2.55. The van der Waals surface area contributed by atoms with Crippen molar-refractivity contribution in [2.24, 2.45) is 16.7 Å². The number of rotatable bonds is 1. The van der Waals surface area contributed by atoms with E-state index < -0.39 is 0 Å². The third-order valence-electron chi connectivity index (χ3n) is 7.21. The van der Waals surface area contributed by atoms with Gasteiger partial charge < -0.3 is 4.57 Å². The van der Waals surface area contributed by atoms with E-state index in [4.69, 9.17) is 5.10 Å². The zero-order valence-corrected chi connectivity index (χ0v) is 14.2. The van der Waals surface area contributed by atoms with Crippen LogP contribution in [0.4, 0.5) is 0 Å². The molecular weight excluding hydrogens is 270 g/mol. The lowest BCUT2D eigenvalue weighted by Crippen LogP contribution is -2.57. The highest BCUT2D eigenvalue weighted by atomic mass is 15.3. The SMILES string of the molecule is CC12CC3CC(C)(C1)CC(c1nnc4n1CCCCC4)(C3)C2. The van der Waals surface area contributed by atoms with Crippen molar-refractivity contribution in [2.75, 3.05) is 0 Å². The maximum Gasteiger partial charge on any atom is 0.139 e. The predicted octanol–water partition coefficient (Wildman–Crippen LogP) is 4.25. The maximum atomic E-state index is 4.80. The van der Waals surface area contributed by atoms with Gasteiger partial charge in [-0.15, -0.1) is 10.2 Å². The molecule has 1 aromatic rings. The lowest BCUT2D eigenvalue weighted by Gasteiger charge is -2.65. The van der Waals surface area contributed by atoms with Gasteiger partial charge in [-0.3, -0.25) is 0 Å². The first kappa shape index (κ1) is 13.6. The summed E-state index contributed by atoms with van der Waals surface area (Å²) in [4.78, 5) is 0. The zero-order chi connectivity index (χ0) is 15.0. The highest BCUT2D eigenvalue weighted by Crippen LogP contribution is 2.69. The van der Waals surface area contributed by atoms with Crippen LogP contribution in [-0.2, 0) is 18.4 Å². The second-order valence-electron chi connectivity index (χ2n) is 9.81. The van der Waals surface area contributed by atoms with Crippen molar-refractivity contribution >= 4 is 0 Å². The first-order valence-corrected chi connectivity index (χ1v) is 9.42. The van der Waals surface area contributed by atoms with Crippen LogP contribution in [0.25, 0.3) is 0 Å². The van der Waals surface area contributed by atoms with Crippen molar-refractivity contribution in [1.29, 1.82) is 0 Å².